The van der Waals surface area contributed by atoms with Gasteiger partial charge < -0.3 is 14.6 Å². The number of imide groups is 1. The number of halogens is 1. The molecule has 1 saturated heterocycles. The molecule has 0 radical (unpaired) electrons. The lowest BCUT2D eigenvalue weighted by molar-refractivity contribution is -0.137. The van der Waals surface area contributed by atoms with Crippen molar-refractivity contribution in [1.29, 1.82) is 0 Å². The molecule has 31 heavy (non-hydrogen) atoms. The normalized spacial score (nSPS) is 17.9. The minimum absolute atomic E-state index is 0.110. The summed E-state index contributed by atoms with van der Waals surface area (Å²) in [6.45, 7) is 0.745. The van der Waals surface area contributed by atoms with Crippen molar-refractivity contribution in [2.75, 3.05) is 6.54 Å². The van der Waals surface area contributed by atoms with Crippen LogP contribution in [0.3, 0.4) is 0 Å². The Morgan fingerprint density at radius 1 is 1.19 bits per heavy atom. The summed E-state index contributed by atoms with van der Waals surface area (Å²) in [6.07, 6.45) is 1.88. The molecule has 1 N–H and O–H groups in total. The molecular weight excluding hydrogens is 420 g/mol. The van der Waals surface area contributed by atoms with Crippen LogP contribution < -0.4 is 0 Å². The lowest BCUT2D eigenvalue weighted by atomic mass is 9.97. The molecule has 1 aromatic carbocycles. The van der Waals surface area contributed by atoms with Crippen LogP contribution in [0.5, 0.6) is 0 Å². The average Bonchev–Trinajstić information content (AvgIpc) is 3.19. The molecule has 3 amide bonds. The Hall–Kier alpha value is -3.39. The van der Waals surface area contributed by atoms with E-state index in [2.05, 4.69) is 9.55 Å². The maximum Gasteiger partial charge on any atom is 0.327 e. The monoisotopic (exact) mass is 438 g/mol. The summed E-state index contributed by atoms with van der Waals surface area (Å²) >= 11 is 5.92. The summed E-state index contributed by atoms with van der Waals surface area (Å²) in [4.78, 5) is 43.5. The molecule has 0 aliphatic carbocycles. The van der Waals surface area contributed by atoms with E-state index < -0.39 is 18.0 Å². The highest BCUT2D eigenvalue weighted by Gasteiger charge is 2.48. The van der Waals surface area contributed by atoms with E-state index in [1.165, 1.54) is 0 Å². The van der Waals surface area contributed by atoms with Gasteiger partial charge in [-0.3, -0.25) is 14.5 Å². The molecule has 3 aromatic rings. The Balaban J connectivity index is 1.53. The van der Waals surface area contributed by atoms with Crippen molar-refractivity contribution in [2.45, 2.75) is 32.0 Å². The van der Waals surface area contributed by atoms with Crippen molar-refractivity contribution < 1.29 is 19.5 Å². The molecule has 2 aromatic heterocycles. The van der Waals surface area contributed by atoms with Gasteiger partial charge in [-0.25, -0.2) is 9.78 Å². The second kappa shape index (κ2) is 7.39. The largest absolute Gasteiger partial charge is 0.481 e. The van der Waals surface area contributed by atoms with E-state index >= 15 is 0 Å². The van der Waals surface area contributed by atoms with Gasteiger partial charge in [0.05, 0.1) is 13.0 Å². The molecule has 0 unspecified atom stereocenters. The number of benzene rings is 1. The van der Waals surface area contributed by atoms with E-state index in [9.17, 15) is 14.4 Å². The fourth-order valence-electron chi connectivity index (χ4n) is 4.54. The van der Waals surface area contributed by atoms with Crippen LogP contribution in [0, 0.1) is 0 Å². The van der Waals surface area contributed by atoms with Crippen LogP contribution in [0.2, 0.25) is 5.15 Å². The van der Waals surface area contributed by atoms with Crippen molar-refractivity contribution in [3.05, 3.63) is 64.6 Å². The van der Waals surface area contributed by atoms with Crippen LogP contribution in [0.4, 0.5) is 4.79 Å². The van der Waals surface area contributed by atoms with Gasteiger partial charge in [-0.05, 0) is 23.3 Å². The van der Waals surface area contributed by atoms with Gasteiger partial charge in [0.1, 0.15) is 11.2 Å². The summed E-state index contributed by atoms with van der Waals surface area (Å²) < 4.78 is 2.16. The van der Waals surface area contributed by atoms with E-state index in [-0.39, 0.29) is 18.9 Å². The minimum Gasteiger partial charge on any atom is -0.481 e. The zero-order valence-electron chi connectivity index (χ0n) is 16.5. The van der Waals surface area contributed by atoms with E-state index in [0.29, 0.717) is 24.7 Å². The zero-order valence-corrected chi connectivity index (χ0v) is 17.2. The third-order valence-corrected chi connectivity index (χ3v) is 6.22. The molecule has 0 spiro atoms. The molecule has 1 atom stereocenters. The summed E-state index contributed by atoms with van der Waals surface area (Å²) in [7, 11) is 0. The first-order chi connectivity index (χ1) is 14.9. The molecule has 2 aliphatic heterocycles. The lowest BCUT2D eigenvalue weighted by Crippen LogP contribution is -2.40. The van der Waals surface area contributed by atoms with Crippen LogP contribution in [-0.4, -0.2) is 55.0 Å². The van der Waals surface area contributed by atoms with E-state index in [1.807, 2.05) is 30.3 Å². The quantitative estimate of drug-likeness (QED) is 0.488. The highest BCUT2D eigenvalue weighted by atomic mass is 35.5. The molecule has 1 fully saturated rings. The molecule has 158 valence electrons. The third kappa shape index (κ3) is 3.23. The van der Waals surface area contributed by atoms with Crippen molar-refractivity contribution in [2.24, 2.45) is 0 Å². The Labute approximate surface area is 182 Å². The summed E-state index contributed by atoms with van der Waals surface area (Å²) in [5.41, 5.74) is 4.04. The van der Waals surface area contributed by atoms with Gasteiger partial charge in [-0.2, -0.15) is 0 Å². The molecule has 2 aliphatic rings. The van der Waals surface area contributed by atoms with Crippen LogP contribution in [0.25, 0.3) is 10.9 Å². The molecule has 8 nitrogen and oxygen atoms in total. The molecule has 0 saturated carbocycles. The van der Waals surface area contributed by atoms with Gasteiger partial charge in [0.2, 0.25) is 0 Å². The fraction of sp³-hybridized carbons (Fsp3) is 0.273. The first-order valence-corrected chi connectivity index (χ1v) is 10.3. The SMILES string of the molecule is O=C(O)CCN1C(=O)[C@@H]2Cc3c(n(Cc4ccc(Cl)nc4)c4ccccc34)CN2C1=O. The molecule has 9 heteroatoms. The molecular formula is C22H19ClN4O4. The van der Waals surface area contributed by atoms with Crippen molar-refractivity contribution >= 4 is 40.4 Å². The summed E-state index contributed by atoms with van der Waals surface area (Å²) in [6, 6.07) is 10.6. The van der Waals surface area contributed by atoms with Crippen molar-refractivity contribution in [3.63, 3.8) is 0 Å². The molecule has 5 rings (SSSR count). The number of hydrogen-bond donors (Lipinski definition) is 1. The number of nitrogens with zero attached hydrogens (tertiary/aromatic N) is 4. The Kier molecular flexibility index (Phi) is 4.66. The third-order valence-electron chi connectivity index (χ3n) is 5.99. The number of rotatable bonds is 5. The number of carboxylic acids is 1. The van der Waals surface area contributed by atoms with Crippen LogP contribution in [0.1, 0.15) is 23.2 Å². The van der Waals surface area contributed by atoms with Gasteiger partial charge in [0.25, 0.3) is 5.91 Å². The second-order valence-corrected chi connectivity index (χ2v) is 8.17. The van der Waals surface area contributed by atoms with Gasteiger partial charge in [-0.1, -0.05) is 35.9 Å². The first kappa shape index (κ1) is 19.6. The smallest absolute Gasteiger partial charge is 0.327 e. The number of hydrogen-bond acceptors (Lipinski definition) is 4. The Bertz CT molecular complexity index is 1220. The summed E-state index contributed by atoms with van der Waals surface area (Å²) in [5.74, 6) is -1.36. The number of amides is 3. The van der Waals surface area contributed by atoms with Crippen LogP contribution in [-0.2, 0) is 29.1 Å². The van der Waals surface area contributed by atoms with Gasteiger partial charge in [-0.15, -0.1) is 0 Å². The second-order valence-electron chi connectivity index (χ2n) is 7.78. The molecule has 0 bridgehead atoms. The standard InChI is InChI=1S/C22H19ClN4O4/c23-19-6-5-13(10-24-19)11-26-16-4-2-1-3-14(16)15-9-17-21(30)25(8-7-20(28)29)22(31)27(17)12-18(15)26/h1-6,10,17H,7-9,11-12H2,(H,28,29)/t17-/m0/s1. The Morgan fingerprint density at radius 3 is 2.74 bits per heavy atom. The number of para-hydroxylation sites is 1. The van der Waals surface area contributed by atoms with E-state index in [1.54, 1.807) is 17.2 Å². The average molecular weight is 439 g/mol. The number of urea groups is 1. The predicted molar refractivity (Wildman–Crippen MR) is 113 cm³/mol. The first-order valence-electron chi connectivity index (χ1n) is 9.97. The number of pyridine rings is 1. The maximum atomic E-state index is 12.9. The topological polar surface area (TPSA) is 95.7 Å². The van der Waals surface area contributed by atoms with E-state index in [0.717, 1.165) is 32.6 Å². The number of fused-ring (bicyclic) bond motifs is 4. The van der Waals surface area contributed by atoms with Gasteiger partial charge in [0, 0.05) is 42.3 Å². The number of carbonyl (C=O) groups excluding carboxylic acids is 2. The van der Waals surface area contributed by atoms with Gasteiger partial charge in [0.15, 0.2) is 0 Å². The maximum absolute atomic E-state index is 12.9. The van der Waals surface area contributed by atoms with Crippen molar-refractivity contribution in [3.8, 4) is 0 Å². The fourth-order valence-corrected chi connectivity index (χ4v) is 4.65. The minimum atomic E-state index is -1.04. The van der Waals surface area contributed by atoms with Crippen LogP contribution >= 0.6 is 11.6 Å². The van der Waals surface area contributed by atoms with E-state index in [4.69, 9.17) is 16.7 Å². The Morgan fingerprint density at radius 2 is 2.00 bits per heavy atom. The summed E-state index contributed by atoms with van der Waals surface area (Å²) in [5, 5.41) is 10.4. The number of carboxylic acid groups (broad SMARTS) is 1. The highest BCUT2D eigenvalue weighted by molar-refractivity contribution is 6.29. The highest BCUT2D eigenvalue weighted by Crippen LogP contribution is 2.36. The van der Waals surface area contributed by atoms with Crippen LogP contribution in [0.15, 0.2) is 42.6 Å². The predicted octanol–water partition coefficient (Wildman–Crippen LogP) is 2.90. The number of carbonyl (C=O) groups is 3. The lowest BCUT2D eigenvalue weighted by Gasteiger charge is -2.28. The zero-order chi connectivity index (χ0) is 21.7. The van der Waals surface area contributed by atoms with Gasteiger partial charge >= 0.3 is 12.0 Å². The van der Waals surface area contributed by atoms with Crippen molar-refractivity contribution in [1.82, 2.24) is 19.4 Å². The number of aromatic nitrogens is 2. The molecule has 4 heterocycles. The number of aliphatic carboxylic acids is 1.